The van der Waals surface area contributed by atoms with E-state index in [1.165, 1.54) is 28.8 Å². The molecule has 0 spiro atoms. The highest BCUT2D eigenvalue weighted by Crippen LogP contribution is 2.32. The first-order valence-corrected chi connectivity index (χ1v) is 10.7. The Morgan fingerprint density at radius 1 is 1.33 bits per heavy atom. The number of nitrogens with one attached hydrogen (secondary N) is 2. The maximum Gasteiger partial charge on any atom is 0.191 e. The van der Waals surface area contributed by atoms with E-state index in [0.717, 1.165) is 43.4 Å². The van der Waals surface area contributed by atoms with Crippen LogP contribution >= 0.6 is 11.3 Å². The van der Waals surface area contributed by atoms with Gasteiger partial charge in [0.2, 0.25) is 0 Å². The van der Waals surface area contributed by atoms with Crippen LogP contribution in [0.3, 0.4) is 0 Å². The molecule has 6 heteroatoms. The maximum atomic E-state index is 6.16. The summed E-state index contributed by atoms with van der Waals surface area (Å²) in [4.78, 5) is 10.0. The van der Waals surface area contributed by atoms with Crippen LogP contribution in [-0.4, -0.2) is 31.1 Å². The van der Waals surface area contributed by atoms with E-state index in [2.05, 4.69) is 51.8 Å². The van der Waals surface area contributed by atoms with Crippen LogP contribution in [0.1, 0.15) is 53.3 Å². The summed E-state index contributed by atoms with van der Waals surface area (Å²) in [6.07, 6.45) is 7.72. The van der Waals surface area contributed by atoms with Crippen molar-refractivity contribution in [2.24, 2.45) is 4.99 Å². The first kappa shape index (κ1) is 19.8. The van der Waals surface area contributed by atoms with Crippen molar-refractivity contribution in [2.75, 3.05) is 20.2 Å². The van der Waals surface area contributed by atoms with Gasteiger partial charge in [-0.3, -0.25) is 4.99 Å². The van der Waals surface area contributed by atoms with Gasteiger partial charge in [-0.05, 0) is 43.2 Å². The molecule has 0 radical (unpaired) electrons. The molecule has 1 aromatic carbocycles. The van der Waals surface area contributed by atoms with Crippen LogP contribution in [0, 0.1) is 0 Å². The highest BCUT2D eigenvalue weighted by Gasteiger charge is 2.19. The maximum absolute atomic E-state index is 6.16. The molecule has 1 aliphatic carbocycles. The molecule has 1 aromatic heterocycles. The van der Waals surface area contributed by atoms with Crippen LogP contribution in [-0.2, 0) is 24.1 Å². The Labute approximate surface area is 166 Å². The number of hydrogen-bond donors (Lipinski definition) is 2. The molecule has 1 heterocycles. The van der Waals surface area contributed by atoms with Gasteiger partial charge in [-0.25, -0.2) is 4.98 Å². The third-order valence-corrected chi connectivity index (χ3v) is 5.97. The van der Waals surface area contributed by atoms with Crippen molar-refractivity contribution in [3.63, 3.8) is 0 Å². The predicted octanol–water partition coefficient (Wildman–Crippen LogP) is 3.85. The molecular formula is C21H30N4OS. The second-order valence-electron chi connectivity index (χ2n) is 6.73. The van der Waals surface area contributed by atoms with Crippen LogP contribution in [0.25, 0.3) is 0 Å². The van der Waals surface area contributed by atoms with Gasteiger partial charge in [0.25, 0.3) is 0 Å². The van der Waals surface area contributed by atoms with E-state index >= 15 is 0 Å². The molecule has 0 amide bonds. The Morgan fingerprint density at radius 2 is 2.22 bits per heavy atom. The Hall–Kier alpha value is -1.92. The molecule has 5 nitrogen and oxygen atoms in total. The van der Waals surface area contributed by atoms with E-state index in [1.54, 1.807) is 18.4 Å². The summed E-state index contributed by atoms with van der Waals surface area (Å²) in [6.45, 7) is 4.46. The molecule has 0 aliphatic heterocycles. The van der Waals surface area contributed by atoms with Crippen molar-refractivity contribution >= 4 is 17.3 Å². The van der Waals surface area contributed by atoms with Crippen LogP contribution in [0.4, 0.5) is 0 Å². The summed E-state index contributed by atoms with van der Waals surface area (Å²) in [5, 5.41) is 7.77. The SMILES string of the molecule is CCc1cnc(CNC(=NC)NCCCOC2CCCc3ccccc32)s1. The third-order valence-electron chi connectivity index (χ3n) is 4.83. The van der Waals surface area contributed by atoms with E-state index in [-0.39, 0.29) is 6.10 Å². The average Bonchev–Trinajstić information content (AvgIpc) is 3.18. The normalized spacial score (nSPS) is 16.8. The summed E-state index contributed by atoms with van der Waals surface area (Å²) in [5.41, 5.74) is 2.83. The fourth-order valence-electron chi connectivity index (χ4n) is 3.36. The number of rotatable bonds is 8. The minimum absolute atomic E-state index is 0.255. The molecule has 1 unspecified atom stereocenters. The number of hydrogen-bond acceptors (Lipinski definition) is 4. The molecule has 1 aliphatic rings. The van der Waals surface area contributed by atoms with E-state index < -0.39 is 0 Å². The van der Waals surface area contributed by atoms with Gasteiger partial charge >= 0.3 is 0 Å². The monoisotopic (exact) mass is 386 g/mol. The standard InChI is InChI=1S/C21H30N4OS/c1-3-17-14-24-20(27-17)15-25-21(22-2)23-12-7-13-26-19-11-6-9-16-8-4-5-10-18(16)19/h4-5,8,10,14,19H,3,6-7,9,11-13,15H2,1-2H3,(H2,22,23,25). The van der Waals surface area contributed by atoms with Crippen LogP contribution < -0.4 is 10.6 Å². The number of aryl methyl sites for hydroxylation is 2. The molecule has 1 atom stereocenters. The number of aliphatic imine (C=N–C) groups is 1. The molecule has 0 saturated carbocycles. The van der Waals surface area contributed by atoms with Crippen molar-refractivity contribution < 1.29 is 4.74 Å². The molecule has 0 saturated heterocycles. The Bertz CT molecular complexity index is 743. The lowest BCUT2D eigenvalue weighted by Gasteiger charge is -2.25. The average molecular weight is 387 g/mol. The topological polar surface area (TPSA) is 58.5 Å². The van der Waals surface area contributed by atoms with Crippen molar-refractivity contribution in [1.82, 2.24) is 15.6 Å². The molecule has 3 rings (SSSR count). The number of nitrogens with zero attached hydrogens (tertiary/aromatic N) is 2. The number of thiazole rings is 1. The Kier molecular flexibility index (Phi) is 7.66. The number of fused-ring (bicyclic) bond motifs is 1. The largest absolute Gasteiger partial charge is 0.373 e. The summed E-state index contributed by atoms with van der Waals surface area (Å²) in [6, 6.07) is 8.68. The fourth-order valence-corrected chi connectivity index (χ4v) is 4.16. The molecule has 27 heavy (non-hydrogen) atoms. The number of guanidine groups is 1. The minimum atomic E-state index is 0.255. The van der Waals surface area contributed by atoms with Crippen molar-refractivity contribution in [2.45, 2.75) is 51.7 Å². The second kappa shape index (κ2) is 10.4. The fraction of sp³-hybridized carbons (Fsp3) is 0.524. The van der Waals surface area contributed by atoms with E-state index in [1.807, 2.05) is 6.20 Å². The van der Waals surface area contributed by atoms with Crippen molar-refractivity contribution in [3.05, 3.63) is 51.5 Å². The zero-order valence-electron chi connectivity index (χ0n) is 16.3. The number of ether oxygens (including phenoxy) is 1. The van der Waals surface area contributed by atoms with Crippen LogP contribution in [0.15, 0.2) is 35.5 Å². The van der Waals surface area contributed by atoms with Gasteiger partial charge in [0.05, 0.1) is 12.6 Å². The highest BCUT2D eigenvalue weighted by molar-refractivity contribution is 7.11. The zero-order chi connectivity index (χ0) is 18.9. The van der Waals surface area contributed by atoms with Gasteiger partial charge in [-0.2, -0.15) is 0 Å². The summed E-state index contributed by atoms with van der Waals surface area (Å²) < 4.78 is 6.16. The van der Waals surface area contributed by atoms with Gasteiger partial charge in [0, 0.05) is 31.3 Å². The molecular weight excluding hydrogens is 356 g/mol. The zero-order valence-corrected chi connectivity index (χ0v) is 17.1. The van der Waals surface area contributed by atoms with E-state index in [0.29, 0.717) is 6.54 Å². The quantitative estimate of drug-likeness (QED) is 0.411. The molecule has 2 aromatic rings. The molecule has 2 N–H and O–H groups in total. The predicted molar refractivity (Wildman–Crippen MR) is 112 cm³/mol. The van der Waals surface area contributed by atoms with Crippen molar-refractivity contribution in [3.8, 4) is 0 Å². The summed E-state index contributed by atoms with van der Waals surface area (Å²) in [7, 11) is 1.80. The first-order valence-electron chi connectivity index (χ1n) is 9.87. The van der Waals surface area contributed by atoms with Gasteiger partial charge < -0.3 is 15.4 Å². The molecule has 146 valence electrons. The highest BCUT2D eigenvalue weighted by atomic mass is 32.1. The molecule has 0 fully saturated rings. The number of benzene rings is 1. The second-order valence-corrected chi connectivity index (χ2v) is 7.93. The van der Waals surface area contributed by atoms with Gasteiger partial charge in [0.1, 0.15) is 5.01 Å². The third kappa shape index (κ3) is 5.78. The van der Waals surface area contributed by atoms with Gasteiger partial charge in [0.15, 0.2) is 5.96 Å². The van der Waals surface area contributed by atoms with Gasteiger partial charge in [-0.15, -0.1) is 11.3 Å². The lowest BCUT2D eigenvalue weighted by molar-refractivity contribution is 0.0398. The number of aromatic nitrogens is 1. The summed E-state index contributed by atoms with van der Waals surface area (Å²) >= 11 is 1.75. The van der Waals surface area contributed by atoms with Crippen molar-refractivity contribution in [1.29, 1.82) is 0 Å². The van der Waals surface area contributed by atoms with E-state index in [9.17, 15) is 0 Å². The smallest absolute Gasteiger partial charge is 0.191 e. The lowest BCUT2D eigenvalue weighted by Crippen LogP contribution is -2.37. The Morgan fingerprint density at radius 3 is 3.04 bits per heavy atom. The van der Waals surface area contributed by atoms with Crippen LogP contribution in [0.5, 0.6) is 0 Å². The first-order chi connectivity index (χ1) is 13.3. The van der Waals surface area contributed by atoms with Crippen LogP contribution in [0.2, 0.25) is 0 Å². The summed E-state index contributed by atoms with van der Waals surface area (Å²) in [5.74, 6) is 0.811. The van der Waals surface area contributed by atoms with E-state index in [4.69, 9.17) is 4.74 Å². The molecule has 0 bridgehead atoms. The minimum Gasteiger partial charge on any atom is -0.373 e. The lowest BCUT2D eigenvalue weighted by atomic mass is 9.89. The Balaban J connectivity index is 1.34. The van der Waals surface area contributed by atoms with Gasteiger partial charge in [-0.1, -0.05) is 31.2 Å².